The van der Waals surface area contributed by atoms with Crippen LogP contribution in [-0.4, -0.2) is 54.2 Å². The van der Waals surface area contributed by atoms with Gasteiger partial charge in [-0.05, 0) is 18.2 Å². The van der Waals surface area contributed by atoms with E-state index in [9.17, 15) is 0 Å². The van der Waals surface area contributed by atoms with E-state index in [1.165, 1.54) is 5.56 Å². The van der Waals surface area contributed by atoms with Crippen LogP contribution in [0.3, 0.4) is 0 Å². The lowest BCUT2D eigenvalue weighted by atomic mass is 10.1. The second-order valence-electron chi connectivity index (χ2n) is 4.83. The molecule has 0 spiro atoms. The van der Waals surface area contributed by atoms with Crippen LogP contribution in [-0.2, 0) is 6.54 Å². The van der Waals surface area contributed by atoms with Crippen LogP contribution in [0.25, 0.3) is 0 Å². The number of hydrogen-bond acceptors (Lipinski definition) is 3. The highest BCUT2D eigenvalue weighted by atomic mass is 16.2. The smallest absolute Gasteiger partial charge is 0.104 e. The lowest BCUT2D eigenvalue weighted by Gasteiger charge is -2.34. The molecule has 0 unspecified atom stereocenters. The number of piperazine rings is 1. The van der Waals surface area contributed by atoms with Gasteiger partial charge in [0.1, 0.15) is 6.61 Å². The zero-order chi connectivity index (χ0) is 13.5. The van der Waals surface area contributed by atoms with Crippen LogP contribution in [0, 0.1) is 11.8 Å². The third kappa shape index (κ3) is 4.07. The van der Waals surface area contributed by atoms with Gasteiger partial charge in [-0.2, -0.15) is 0 Å². The first-order chi connectivity index (χ1) is 9.33. The van der Waals surface area contributed by atoms with E-state index in [1.807, 2.05) is 12.1 Å². The van der Waals surface area contributed by atoms with Crippen molar-refractivity contribution in [2.24, 2.45) is 0 Å². The van der Waals surface area contributed by atoms with Gasteiger partial charge in [0.05, 0.1) is 0 Å². The largest absolute Gasteiger partial charge is 0.384 e. The Kier molecular flexibility index (Phi) is 5.41. The van der Waals surface area contributed by atoms with E-state index in [4.69, 9.17) is 5.11 Å². The molecule has 0 aliphatic carbocycles. The van der Waals surface area contributed by atoms with Crippen molar-refractivity contribution in [3.05, 3.63) is 35.4 Å². The first kappa shape index (κ1) is 14.1. The maximum atomic E-state index is 8.81. The Labute approximate surface area is 115 Å². The summed E-state index contributed by atoms with van der Waals surface area (Å²) in [5.41, 5.74) is 2.29. The summed E-state index contributed by atoms with van der Waals surface area (Å²) in [6.45, 7) is 8.78. The lowest BCUT2D eigenvalue weighted by molar-refractivity contribution is 0.132. The molecule has 0 radical (unpaired) electrons. The van der Waals surface area contributed by atoms with Crippen molar-refractivity contribution in [3.8, 4) is 11.8 Å². The number of nitrogens with zero attached hydrogens (tertiary/aromatic N) is 2. The Bertz CT molecular complexity index is 453. The molecule has 0 saturated carbocycles. The van der Waals surface area contributed by atoms with Gasteiger partial charge in [-0.15, -0.1) is 0 Å². The minimum absolute atomic E-state index is 0.0799. The Balaban J connectivity index is 1.99. The summed E-state index contributed by atoms with van der Waals surface area (Å²) < 4.78 is 0. The fourth-order valence-corrected chi connectivity index (χ4v) is 2.42. The fourth-order valence-electron chi connectivity index (χ4n) is 2.42. The quantitative estimate of drug-likeness (QED) is 0.825. The van der Waals surface area contributed by atoms with Crippen LogP contribution in [0.5, 0.6) is 0 Å². The summed E-state index contributed by atoms with van der Waals surface area (Å²) in [5, 5.41) is 8.81. The van der Waals surface area contributed by atoms with Crippen LogP contribution in [0.4, 0.5) is 0 Å². The molecular weight excluding hydrogens is 236 g/mol. The minimum atomic E-state index is -0.0799. The van der Waals surface area contributed by atoms with Gasteiger partial charge in [-0.25, -0.2) is 0 Å². The Morgan fingerprint density at radius 1 is 1.11 bits per heavy atom. The monoisotopic (exact) mass is 258 g/mol. The molecule has 1 heterocycles. The summed E-state index contributed by atoms with van der Waals surface area (Å²) in [6, 6.07) is 8.22. The van der Waals surface area contributed by atoms with Crippen molar-refractivity contribution in [1.82, 2.24) is 9.80 Å². The van der Waals surface area contributed by atoms with Crippen molar-refractivity contribution in [2.75, 3.05) is 39.3 Å². The maximum Gasteiger partial charge on any atom is 0.104 e. The van der Waals surface area contributed by atoms with Gasteiger partial charge in [0.2, 0.25) is 0 Å². The number of aliphatic hydroxyl groups is 1. The van der Waals surface area contributed by atoms with Crippen molar-refractivity contribution in [2.45, 2.75) is 13.5 Å². The molecule has 3 heteroatoms. The second-order valence-corrected chi connectivity index (χ2v) is 4.83. The van der Waals surface area contributed by atoms with Gasteiger partial charge >= 0.3 is 0 Å². The van der Waals surface area contributed by atoms with E-state index < -0.39 is 0 Å². The van der Waals surface area contributed by atoms with Gasteiger partial charge < -0.3 is 10.0 Å². The van der Waals surface area contributed by atoms with Crippen LogP contribution in [0.2, 0.25) is 0 Å². The highest BCUT2D eigenvalue weighted by Gasteiger charge is 2.16. The first-order valence-corrected chi connectivity index (χ1v) is 6.96. The summed E-state index contributed by atoms with van der Waals surface area (Å²) in [5.74, 6) is 5.77. The minimum Gasteiger partial charge on any atom is -0.384 e. The van der Waals surface area contributed by atoms with Gasteiger partial charge in [0, 0.05) is 38.3 Å². The molecule has 0 atom stereocenters. The molecule has 19 heavy (non-hydrogen) atoms. The third-order valence-corrected chi connectivity index (χ3v) is 3.63. The molecule has 1 saturated heterocycles. The maximum absolute atomic E-state index is 8.81. The molecule has 2 rings (SSSR count). The summed E-state index contributed by atoms with van der Waals surface area (Å²) >= 11 is 0. The van der Waals surface area contributed by atoms with E-state index in [-0.39, 0.29) is 6.61 Å². The standard InChI is InChI=1S/C16H22N2O/c1-2-17-9-11-18(12-10-17)14-16-7-4-3-6-15(16)8-5-13-19/h3-4,6-7,19H,2,9-14H2,1H3. The van der Waals surface area contributed by atoms with Crippen LogP contribution in [0.1, 0.15) is 18.1 Å². The fraction of sp³-hybridized carbons (Fsp3) is 0.500. The third-order valence-electron chi connectivity index (χ3n) is 3.63. The van der Waals surface area contributed by atoms with Crippen molar-refractivity contribution in [3.63, 3.8) is 0 Å². The molecule has 1 aliphatic rings. The molecule has 0 bridgehead atoms. The summed E-state index contributed by atoms with van der Waals surface area (Å²) in [7, 11) is 0. The molecule has 1 aromatic carbocycles. The normalized spacial score (nSPS) is 16.9. The molecule has 102 valence electrons. The van der Waals surface area contributed by atoms with Crippen molar-refractivity contribution < 1.29 is 5.11 Å². The average Bonchev–Trinajstić information content (AvgIpc) is 2.47. The Morgan fingerprint density at radius 3 is 2.47 bits per heavy atom. The van der Waals surface area contributed by atoms with E-state index in [0.717, 1.165) is 44.8 Å². The van der Waals surface area contributed by atoms with E-state index in [2.05, 4.69) is 40.7 Å². The molecule has 0 amide bonds. The Hall–Kier alpha value is -1.34. The summed E-state index contributed by atoms with van der Waals surface area (Å²) in [4.78, 5) is 4.96. The van der Waals surface area contributed by atoms with Crippen molar-refractivity contribution in [1.29, 1.82) is 0 Å². The molecule has 0 aromatic heterocycles. The zero-order valence-electron chi connectivity index (χ0n) is 11.6. The lowest BCUT2D eigenvalue weighted by Crippen LogP contribution is -2.45. The SMILES string of the molecule is CCN1CCN(Cc2ccccc2C#CCO)CC1. The van der Waals surface area contributed by atoms with E-state index >= 15 is 0 Å². The van der Waals surface area contributed by atoms with E-state index in [0.29, 0.717) is 0 Å². The number of likely N-dealkylation sites (N-methyl/N-ethyl adjacent to an activating group) is 1. The predicted octanol–water partition coefficient (Wildman–Crippen LogP) is 1.17. The highest BCUT2D eigenvalue weighted by Crippen LogP contribution is 2.12. The number of rotatable bonds is 3. The molecule has 1 N–H and O–H groups in total. The number of hydrogen-bond donors (Lipinski definition) is 1. The number of benzene rings is 1. The molecule has 1 fully saturated rings. The van der Waals surface area contributed by atoms with Gasteiger partial charge in [-0.1, -0.05) is 37.0 Å². The number of aliphatic hydroxyl groups excluding tert-OH is 1. The van der Waals surface area contributed by atoms with E-state index in [1.54, 1.807) is 0 Å². The van der Waals surface area contributed by atoms with Gasteiger partial charge in [0.15, 0.2) is 0 Å². The summed E-state index contributed by atoms with van der Waals surface area (Å²) in [6.07, 6.45) is 0. The average molecular weight is 258 g/mol. The predicted molar refractivity (Wildman–Crippen MR) is 77.8 cm³/mol. The molecular formula is C16H22N2O. The first-order valence-electron chi connectivity index (χ1n) is 6.96. The molecule has 1 aliphatic heterocycles. The van der Waals surface area contributed by atoms with Gasteiger partial charge in [0.25, 0.3) is 0 Å². The highest BCUT2D eigenvalue weighted by molar-refractivity contribution is 5.41. The van der Waals surface area contributed by atoms with Gasteiger partial charge in [-0.3, -0.25) is 4.90 Å². The molecule has 1 aromatic rings. The van der Waals surface area contributed by atoms with Crippen LogP contribution in [0.15, 0.2) is 24.3 Å². The topological polar surface area (TPSA) is 26.7 Å². The van der Waals surface area contributed by atoms with Crippen LogP contribution < -0.4 is 0 Å². The van der Waals surface area contributed by atoms with Crippen LogP contribution >= 0.6 is 0 Å². The van der Waals surface area contributed by atoms with Crippen molar-refractivity contribution >= 4 is 0 Å². The second kappa shape index (κ2) is 7.30. The molecule has 3 nitrogen and oxygen atoms in total. The Morgan fingerprint density at radius 2 is 1.79 bits per heavy atom. The zero-order valence-corrected chi connectivity index (χ0v) is 11.6.